The number of hydrogen-bond donors (Lipinski definition) is 0. The molecule has 0 N–H and O–H groups in total. The van der Waals surface area contributed by atoms with Gasteiger partial charge in [-0.1, -0.05) is 31.2 Å². The van der Waals surface area contributed by atoms with Crippen molar-refractivity contribution in [3.63, 3.8) is 0 Å². The lowest BCUT2D eigenvalue weighted by Crippen LogP contribution is -2.08. The largest absolute Gasteiger partial charge is 0.469 e. The molecular formula is C14H18O4. The normalized spacial score (nSPS) is 9.89. The standard InChI is InChI=1S/C14H18O4/c1-3-11-5-4-6-12(9-11)10-18-14(16)8-7-13(15)17-2/h4-6,9H,3,7-8,10H2,1-2H3. The van der Waals surface area contributed by atoms with E-state index in [0.717, 1.165) is 12.0 Å². The van der Waals surface area contributed by atoms with E-state index in [0.29, 0.717) is 0 Å². The van der Waals surface area contributed by atoms with E-state index >= 15 is 0 Å². The van der Waals surface area contributed by atoms with Crippen LogP contribution < -0.4 is 0 Å². The average molecular weight is 250 g/mol. The third kappa shape index (κ3) is 4.99. The Kier molecular flexibility index (Phi) is 5.91. The fraction of sp³-hybridized carbons (Fsp3) is 0.429. The number of esters is 2. The van der Waals surface area contributed by atoms with Gasteiger partial charge in [0.05, 0.1) is 20.0 Å². The molecular weight excluding hydrogens is 232 g/mol. The van der Waals surface area contributed by atoms with Crippen LogP contribution in [0.3, 0.4) is 0 Å². The molecule has 0 aromatic heterocycles. The maximum Gasteiger partial charge on any atom is 0.306 e. The first-order chi connectivity index (χ1) is 8.65. The van der Waals surface area contributed by atoms with Crippen molar-refractivity contribution < 1.29 is 19.1 Å². The molecule has 0 atom stereocenters. The van der Waals surface area contributed by atoms with Crippen LogP contribution >= 0.6 is 0 Å². The van der Waals surface area contributed by atoms with Crippen LogP contribution in [0.4, 0.5) is 0 Å². The average Bonchev–Trinajstić information content (AvgIpc) is 2.42. The van der Waals surface area contributed by atoms with E-state index in [-0.39, 0.29) is 25.4 Å². The number of ether oxygens (including phenoxy) is 2. The molecule has 0 saturated carbocycles. The summed E-state index contributed by atoms with van der Waals surface area (Å²) in [5.41, 5.74) is 2.17. The molecule has 0 heterocycles. The van der Waals surface area contributed by atoms with Gasteiger partial charge in [0.25, 0.3) is 0 Å². The predicted molar refractivity (Wildman–Crippen MR) is 66.9 cm³/mol. The molecule has 0 aliphatic carbocycles. The van der Waals surface area contributed by atoms with Crippen molar-refractivity contribution in [1.82, 2.24) is 0 Å². The molecule has 0 fully saturated rings. The van der Waals surface area contributed by atoms with Gasteiger partial charge >= 0.3 is 11.9 Å². The van der Waals surface area contributed by atoms with Crippen LogP contribution in [0.25, 0.3) is 0 Å². The zero-order chi connectivity index (χ0) is 13.4. The molecule has 1 rings (SSSR count). The van der Waals surface area contributed by atoms with Crippen LogP contribution in [0, 0.1) is 0 Å². The molecule has 0 bridgehead atoms. The summed E-state index contributed by atoms with van der Waals surface area (Å²) in [5, 5.41) is 0. The zero-order valence-corrected chi connectivity index (χ0v) is 10.8. The molecule has 1 aromatic carbocycles. The highest BCUT2D eigenvalue weighted by molar-refractivity contribution is 5.77. The van der Waals surface area contributed by atoms with Gasteiger partial charge in [-0.3, -0.25) is 9.59 Å². The number of benzene rings is 1. The summed E-state index contributed by atoms with van der Waals surface area (Å²) in [5.74, 6) is -0.790. The Morgan fingerprint density at radius 2 is 1.78 bits per heavy atom. The summed E-state index contributed by atoms with van der Waals surface area (Å²) in [6, 6.07) is 7.89. The number of carbonyl (C=O) groups excluding carboxylic acids is 2. The number of aryl methyl sites for hydroxylation is 1. The highest BCUT2D eigenvalue weighted by atomic mass is 16.5. The Hall–Kier alpha value is -1.84. The molecule has 0 radical (unpaired) electrons. The van der Waals surface area contributed by atoms with E-state index in [2.05, 4.69) is 11.7 Å². The molecule has 0 unspecified atom stereocenters. The van der Waals surface area contributed by atoms with Gasteiger partial charge < -0.3 is 9.47 Å². The molecule has 18 heavy (non-hydrogen) atoms. The lowest BCUT2D eigenvalue weighted by atomic mass is 10.1. The smallest absolute Gasteiger partial charge is 0.306 e. The number of methoxy groups -OCH3 is 1. The van der Waals surface area contributed by atoms with Gasteiger partial charge in [0.2, 0.25) is 0 Å². The van der Waals surface area contributed by atoms with Crippen LogP contribution in [0.2, 0.25) is 0 Å². The van der Waals surface area contributed by atoms with Gasteiger partial charge in [0.15, 0.2) is 0 Å². The topological polar surface area (TPSA) is 52.6 Å². The summed E-state index contributed by atoms with van der Waals surface area (Å²) >= 11 is 0. The predicted octanol–water partition coefficient (Wildman–Crippen LogP) is 2.25. The highest BCUT2D eigenvalue weighted by Gasteiger charge is 2.08. The molecule has 0 saturated heterocycles. The molecule has 0 amide bonds. The number of hydrogen-bond acceptors (Lipinski definition) is 4. The van der Waals surface area contributed by atoms with Crippen molar-refractivity contribution in [2.24, 2.45) is 0 Å². The van der Waals surface area contributed by atoms with Crippen molar-refractivity contribution in [2.45, 2.75) is 32.8 Å². The first kappa shape index (κ1) is 14.2. The highest BCUT2D eigenvalue weighted by Crippen LogP contribution is 2.08. The molecule has 0 aliphatic rings. The second kappa shape index (κ2) is 7.48. The number of rotatable bonds is 6. The first-order valence-electron chi connectivity index (χ1n) is 5.96. The summed E-state index contributed by atoms with van der Waals surface area (Å²) in [6.07, 6.45) is 1.06. The molecule has 4 heteroatoms. The number of carbonyl (C=O) groups is 2. The zero-order valence-electron chi connectivity index (χ0n) is 10.8. The minimum atomic E-state index is -0.403. The summed E-state index contributed by atoms with van der Waals surface area (Å²) in [6.45, 7) is 2.31. The monoisotopic (exact) mass is 250 g/mol. The van der Waals surface area contributed by atoms with E-state index in [1.165, 1.54) is 12.7 Å². The minimum absolute atomic E-state index is 0.0557. The van der Waals surface area contributed by atoms with Crippen LogP contribution in [0.5, 0.6) is 0 Å². The second-order valence-corrected chi connectivity index (χ2v) is 3.91. The van der Waals surface area contributed by atoms with Crippen LogP contribution in [0.15, 0.2) is 24.3 Å². The van der Waals surface area contributed by atoms with E-state index in [9.17, 15) is 9.59 Å². The molecule has 1 aromatic rings. The van der Waals surface area contributed by atoms with Crippen LogP contribution in [0.1, 0.15) is 30.9 Å². The second-order valence-electron chi connectivity index (χ2n) is 3.91. The van der Waals surface area contributed by atoms with E-state index in [1.807, 2.05) is 24.3 Å². The van der Waals surface area contributed by atoms with E-state index in [1.54, 1.807) is 0 Å². The minimum Gasteiger partial charge on any atom is -0.469 e. The Morgan fingerprint density at radius 3 is 2.44 bits per heavy atom. The Labute approximate surface area is 107 Å². The van der Waals surface area contributed by atoms with Crippen molar-refractivity contribution in [2.75, 3.05) is 7.11 Å². The summed E-state index contributed by atoms with van der Waals surface area (Å²) in [4.78, 5) is 22.2. The van der Waals surface area contributed by atoms with Gasteiger partial charge in [0, 0.05) is 0 Å². The lowest BCUT2D eigenvalue weighted by Gasteiger charge is -2.06. The SMILES string of the molecule is CCc1cccc(COC(=O)CCC(=O)OC)c1. The summed E-state index contributed by atoms with van der Waals surface area (Å²) in [7, 11) is 1.30. The Bertz CT molecular complexity index is 412. The van der Waals surface area contributed by atoms with Crippen molar-refractivity contribution >= 4 is 11.9 Å². The van der Waals surface area contributed by atoms with Gasteiger partial charge in [-0.25, -0.2) is 0 Å². The maximum absolute atomic E-state index is 11.4. The first-order valence-corrected chi connectivity index (χ1v) is 5.96. The summed E-state index contributed by atoms with van der Waals surface area (Å²) < 4.78 is 9.52. The van der Waals surface area contributed by atoms with Gasteiger partial charge in [-0.2, -0.15) is 0 Å². The van der Waals surface area contributed by atoms with Gasteiger partial charge in [-0.05, 0) is 17.5 Å². The molecule has 0 aliphatic heterocycles. The third-order valence-electron chi connectivity index (χ3n) is 2.56. The molecule has 0 spiro atoms. The van der Waals surface area contributed by atoms with Crippen molar-refractivity contribution in [3.8, 4) is 0 Å². The van der Waals surface area contributed by atoms with Crippen LogP contribution in [-0.4, -0.2) is 19.0 Å². The Balaban J connectivity index is 2.35. The fourth-order valence-corrected chi connectivity index (χ4v) is 1.48. The van der Waals surface area contributed by atoms with Gasteiger partial charge in [0.1, 0.15) is 6.61 Å². The third-order valence-corrected chi connectivity index (χ3v) is 2.56. The Morgan fingerprint density at radius 1 is 1.11 bits per heavy atom. The van der Waals surface area contributed by atoms with E-state index in [4.69, 9.17) is 4.74 Å². The quantitative estimate of drug-likeness (QED) is 0.727. The van der Waals surface area contributed by atoms with Crippen LogP contribution in [-0.2, 0) is 32.1 Å². The van der Waals surface area contributed by atoms with E-state index < -0.39 is 5.97 Å². The van der Waals surface area contributed by atoms with Crippen molar-refractivity contribution in [3.05, 3.63) is 35.4 Å². The molecule has 98 valence electrons. The lowest BCUT2D eigenvalue weighted by molar-refractivity contribution is -0.149. The maximum atomic E-state index is 11.4. The fourth-order valence-electron chi connectivity index (χ4n) is 1.48. The van der Waals surface area contributed by atoms with Gasteiger partial charge in [-0.15, -0.1) is 0 Å². The van der Waals surface area contributed by atoms with Crippen molar-refractivity contribution in [1.29, 1.82) is 0 Å². The molecule has 4 nitrogen and oxygen atoms in total.